The van der Waals surface area contributed by atoms with E-state index in [0.29, 0.717) is 23.2 Å². The van der Waals surface area contributed by atoms with E-state index in [2.05, 4.69) is 10.1 Å². The zero-order valence-electron chi connectivity index (χ0n) is 10.4. The lowest BCUT2D eigenvalue weighted by molar-refractivity contribution is 0.103. The number of para-hydroxylation sites is 2. The maximum absolute atomic E-state index is 5.78. The average molecular weight is 261 g/mol. The van der Waals surface area contributed by atoms with Gasteiger partial charge in [-0.1, -0.05) is 17.3 Å². The fraction of sp³-hybridized carbons (Fsp3) is 0.385. The summed E-state index contributed by atoms with van der Waals surface area (Å²) in [6, 6.07) is 7.29. The average Bonchev–Trinajstić information content (AvgIpc) is 3.09. The highest BCUT2D eigenvalue weighted by atomic mass is 16.5. The Labute approximate surface area is 110 Å². The number of aromatic nitrogens is 2. The summed E-state index contributed by atoms with van der Waals surface area (Å²) in [6.07, 6.45) is 1.93. The lowest BCUT2D eigenvalue weighted by Crippen LogP contribution is -2.01. The minimum absolute atomic E-state index is 0.0423. The Morgan fingerprint density at radius 2 is 2.26 bits per heavy atom. The molecule has 3 rings (SSSR count). The molecule has 100 valence electrons. The first-order chi connectivity index (χ1) is 9.33. The third kappa shape index (κ3) is 2.68. The van der Waals surface area contributed by atoms with Gasteiger partial charge in [-0.05, 0) is 25.0 Å². The molecule has 1 unspecified atom stereocenters. The Balaban J connectivity index is 1.63. The van der Waals surface area contributed by atoms with E-state index in [4.69, 9.17) is 19.7 Å². The van der Waals surface area contributed by atoms with E-state index in [1.54, 1.807) is 12.1 Å². The molecule has 1 fully saturated rings. The zero-order valence-corrected chi connectivity index (χ0v) is 10.4. The van der Waals surface area contributed by atoms with Crippen LogP contribution in [0.2, 0.25) is 0 Å². The standard InChI is InChI=1S/C13H15N3O3/c14-9-4-1-2-5-10(9)18-8-12-15-13(16-19-12)11-6-3-7-17-11/h1-2,4-5,11H,3,6-8,14H2. The van der Waals surface area contributed by atoms with Crippen LogP contribution >= 0.6 is 0 Å². The summed E-state index contributed by atoms with van der Waals surface area (Å²) < 4.78 is 16.2. The molecule has 1 aliphatic heterocycles. The Morgan fingerprint density at radius 1 is 1.37 bits per heavy atom. The molecule has 1 saturated heterocycles. The summed E-state index contributed by atoms with van der Waals surface area (Å²) in [7, 11) is 0. The van der Waals surface area contributed by atoms with Gasteiger partial charge in [-0.25, -0.2) is 0 Å². The predicted molar refractivity (Wildman–Crippen MR) is 67.4 cm³/mol. The van der Waals surface area contributed by atoms with Crippen LogP contribution in [-0.2, 0) is 11.3 Å². The molecule has 6 nitrogen and oxygen atoms in total. The summed E-state index contributed by atoms with van der Waals surface area (Å²) in [6.45, 7) is 0.958. The lowest BCUT2D eigenvalue weighted by atomic mass is 10.2. The summed E-state index contributed by atoms with van der Waals surface area (Å²) in [5, 5.41) is 3.91. The quantitative estimate of drug-likeness (QED) is 0.848. The fourth-order valence-electron chi connectivity index (χ4n) is 1.99. The summed E-state index contributed by atoms with van der Waals surface area (Å²) in [5.41, 5.74) is 6.36. The second kappa shape index (κ2) is 5.27. The molecule has 19 heavy (non-hydrogen) atoms. The SMILES string of the molecule is Nc1ccccc1OCc1nc(C2CCCO2)no1. The van der Waals surface area contributed by atoms with Crippen LogP contribution < -0.4 is 10.5 Å². The predicted octanol–water partition coefficient (Wildman–Crippen LogP) is 2.08. The summed E-state index contributed by atoms with van der Waals surface area (Å²) >= 11 is 0. The summed E-state index contributed by atoms with van der Waals surface area (Å²) in [4.78, 5) is 4.27. The monoisotopic (exact) mass is 261 g/mol. The second-order valence-corrected chi connectivity index (χ2v) is 4.37. The Kier molecular flexibility index (Phi) is 3.33. The molecule has 0 radical (unpaired) electrons. The number of anilines is 1. The van der Waals surface area contributed by atoms with Gasteiger partial charge in [-0.3, -0.25) is 0 Å². The van der Waals surface area contributed by atoms with Gasteiger partial charge in [0.15, 0.2) is 6.61 Å². The largest absolute Gasteiger partial charge is 0.482 e. The maximum Gasteiger partial charge on any atom is 0.264 e. The van der Waals surface area contributed by atoms with Crippen LogP contribution in [0.3, 0.4) is 0 Å². The van der Waals surface area contributed by atoms with E-state index in [-0.39, 0.29) is 12.7 Å². The molecule has 2 N–H and O–H groups in total. The molecule has 1 atom stereocenters. The minimum atomic E-state index is -0.0423. The third-order valence-electron chi connectivity index (χ3n) is 2.97. The van der Waals surface area contributed by atoms with Crippen LogP contribution in [-0.4, -0.2) is 16.7 Å². The van der Waals surface area contributed by atoms with Gasteiger partial charge in [0, 0.05) is 6.61 Å². The van der Waals surface area contributed by atoms with Crippen molar-refractivity contribution in [2.24, 2.45) is 0 Å². The van der Waals surface area contributed by atoms with E-state index < -0.39 is 0 Å². The van der Waals surface area contributed by atoms with Crippen LogP contribution in [0.5, 0.6) is 5.75 Å². The molecule has 1 aromatic heterocycles. The van der Waals surface area contributed by atoms with Gasteiger partial charge in [0.05, 0.1) is 5.69 Å². The fourth-order valence-corrected chi connectivity index (χ4v) is 1.99. The normalized spacial score (nSPS) is 18.6. The molecule has 1 aliphatic rings. The van der Waals surface area contributed by atoms with Gasteiger partial charge < -0.3 is 19.7 Å². The van der Waals surface area contributed by atoms with Crippen molar-refractivity contribution in [3.63, 3.8) is 0 Å². The Morgan fingerprint density at radius 3 is 3.05 bits per heavy atom. The van der Waals surface area contributed by atoms with Crippen molar-refractivity contribution < 1.29 is 14.0 Å². The number of benzene rings is 1. The number of ether oxygens (including phenoxy) is 2. The van der Waals surface area contributed by atoms with Gasteiger partial charge in [0.1, 0.15) is 11.9 Å². The van der Waals surface area contributed by atoms with E-state index in [9.17, 15) is 0 Å². The van der Waals surface area contributed by atoms with Gasteiger partial charge in [-0.15, -0.1) is 0 Å². The molecule has 2 aromatic rings. The highest BCUT2D eigenvalue weighted by Gasteiger charge is 2.23. The van der Waals surface area contributed by atoms with E-state index in [1.165, 1.54) is 0 Å². The van der Waals surface area contributed by atoms with Crippen molar-refractivity contribution >= 4 is 5.69 Å². The van der Waals surface area contributed by atoms with Crippen molar-refractivity contribution in [3.8, 4) is 5.75 Å². The first-order valence-corrected chi connectivity index (χ1v) is 6.24. The number of nitrogens with two attached hydrogens (primary N) is 1. The molecule has 0 spiro atoms. The van der Waals surface area contributed by atoms with E-state index in [0.717, 1.165) is 19.4 Å². The van der Waals surface area contributed by atoms with E-state index >= 15 is 0 Å². The molecule has 0 amide bonds. The van der Waals surface area contributed by atoms with Gasteiger partial charge in [0.2, 0.25) is 5.82 Å². The lowest BCUT2D eigenvalue weighted by Gasteiger charge is -2.05. The van der Waals surface area contributed by atoms with Crippen molar-refractivity contribution in [3.05, 3.63) is 36.0 Å². The smallest absolute Gasteiger partial charge is 0.264 e. The maximum atomic E-state index is 5.78. The van der Waals surface area contributed by atoms with Crippen LogP contribution in [0.4, 0.5) is 5.69 Å². The number of hydrogen-bond acceptors (Lipinski definition) is 6. The molecule has 0 bridgehead atoms. The molecule has 0 saturated carbocycles. The van der Waals surface area contributed by atoms with E-state index in [1.807, 2.05) is 12.1 Å². The number of rotatable bonds is 4. The Bertz CT molecular complexity index is 550. The van der Waals surface area contributed by atoms with Gasteiger partial charge in [-0.2, -0.15) is 4.98 Å². The van der Waals surface area contributed by atoms with Crippen LogP contribution in [0.25, 0.3) is 0 Å². The van der Waals surface area contributed by atoms with Crippen LogP contribution in [0.15, 0.2) is 28.8 Å². The highest BCUT2D eigenvalue weighted by molar-refractivity contribution is 5.51. The van der Waals surface area contributed by atoms with Gasteiger partial charge in [0.25, 0.3) is 5.89 Å². The number of nitrogens with zero attached hydrogens (tertiary/aromatic N) is 2. The van der Waals surface area contributed by atoms with Crippen LogP contribution in [0, 0.1) is 0 Å². The first-order valence-electron chi connectivity index (χ1n) is 6.24. The zero-order chi connectivity index (χ0) is 13.1. The van der Waals surface area contributed by atoms with Crippen molar-refractivity contribution in [2.45, 2.75) is 25.6 Å². The van der Waals surface area contributed by atoms with Crippen LogP contribution in [0.1, 0.15) is 30.7 Å². The number of hydrogen-bond donors (Lipinski definition) is 1. The highest BCUT2D eigenvalue weighted by Crippen LogP contribution is 2.26. The summed E-state index contributed by atoms with van der Waals surface area (Å²) in [5.74, 6) is 1.63. The Hall–Kier alpha value is -2.08. The number of nitrogen functional groups attached to an aromatic ring is 1. The minimum Gasteiger partial charge on any atom is -0.482 e. The third-order valence-corrected chi connectivity index (χ3v) is 2.97. The molecule has 0 aliphatic carbocycles. The van der Waals surface area contributed by atoms with Gasteiger partial charge >= 0.3 is 0 Å². The molecular weight excluding hydrogens is 246 g/mol. The first kappa shape index (κ1) is 12.0. The van der Waals surface area contributed by atoms with Crippen molar-refractivity contribution in [1.82, 2.24) is 10.1 Å². The molecule has 6 heteroatoms. The molecular formula is C13H15N3O3. The van der Waals surface area contributed by atoms with Crippen molar-refractivity contribution in [1.29, 1.82) is 0 Å². The molecule has 1 aromatic carbocycles. The molecule has 2 heterocycles. The van der Waals surface area contributed by atoms with Crippen molar-refractivity contribution in [2.75, 3.05) is 12.3 Å². The topological polar surface area (TPSA) is 83.4 Å². The second-order valence-electron chi connectivity index (χ2n) is 4.37.